The van der Waals surface area contributed by atoms with E-state index in [0.717, 1.165) is 4.57 Å². The summed E-state index contributed by atoms with van der Waals surface area (Å²) in [5, 5.41) is 10.9. The molecule has 0 radical (unpaired) electrons. The molecule has 1 aromatic carbocycles. The van der Waals surface area contributed by atoms with Crippen molar-refractivity contribution in [3.63, 3.8) is 0 Å². The highest BCUT2D eigenvalue weighted by molar-refractivity contribution is 7.99. The molecule has 25 heavy (non-hydrogen) atoms. The zero-order valence-electron chi connectivity index (χ0n) is 13.5. The normalized spacial score (nSPS) is 13.7. The molecule has 0 amide bonds. The lowest BCUT2D eigenvalue weighted by molar-refractivity contribution is 0.0622. The van der Waals surface area contributed by atoms with E-state index in [4.69, 9.17) is 4.42 Å². The monoisotopic (exact) mass is 359 g/mol. The molecule has 0 aliphatic carbocycles. The Labute approximate surface area is 147 Å². The molecule has 1 N–H and O–H groups in total. The lowest BCUT2D eigenvalue weighted by Gasteiger charge is -2.17. The molecule has 130 valence electrons. The number of hydrogen-bond acceptors (Lipinski definition) is 7. The largest absolute Gasteiger partial charge is 0.426 e. The minimum atomic E-state index is -0.885. The van der Waals surface area contributed by atoms with E-state index >= 15 is 0 Å². The number of aromatic nitrogens is 3. The first-order valence-electron chi connectivity index (χ1n) is 7.80. The van der Waals surface area contributed by atoms with Crippen LogP contribution in [0.5, 0.6) is 0 Å². The minimum Gasteiger partial charge on any atom is -0.407 e. The maximum atomic E-state index is 12.6. The Morgan fingerprint density at radius 3 is 2.76 bits per heavy atom. The third-order valence-corrected chi connectivity index (χ3v) is 4.77. The number of nitrogens with zero attached hydrogens (tertiary/aromatic N) is 3. The Balaban J connectivity index is 1.67. The molecule has 2 unspecified atom stereocenters. The van der Waals surface area contributed by atoms with Gasteiger partial charge in [0, 0.05) is 18.1 Å². The van der Waals surface area contributed by atoms with E-state index < -0.39 is 23.7 Å². The predicted molar refractivity (Wildman–Crippen MR) is 93.6 cm³/mol. The van der Waals surface area contributed by atoms with Crippen LogP contribution >= 0.6 is 11.8 Å². The van der Waals surface area contributed by atoms with Crippen molar-refractivity contribution in [2.45, 2.75) is 24.6 Å². The second kappa shape index (κ2) is 7.62. The summed E-state index contributed by atoms with van der Waals surface area (Å²) in [6, 6.07) is 8.43. The van der Waals surface area contributed by atoms with Crippen molar-refractivity contribution >= 4 is 28.8 Å². The van der Waals surface area contributed by atoms with Crippen LogP contribution in [0.4, 0.5) is 0 Å². The van der Waals surface area contributed by atoms with Crippen LogP contribution in [0.2, 0.25) is 0 Å². The Hall–Kier alpha value is -2.45. The third kappa shape index (κ3) is 3.80. The van der Waals surface area contributed by atoms with E-state index in [1.807, 2.05) is 0 Å². The molecule has 8 heteroatoms. The summed E-state index contributed by atoms with van der Waals surface area (Å²) in [6.07, 6.45) is 2.78. The van der Waals surface area contributed by atoms with Gasteiger partial charge in [0.1, 0.15) is 0 Å². The van der Waals surface area contributed by atoms with Gasteiger partial charge in [-0.25, -0.2) is 19.3 Å². The summed E-state index contributed by atoms with van der Waals surface area (Å²) in [4.78, 5) is 32.8. The van der Waals surface area contributed by atoms with Crippen LogP contribution in [0.1, 0.15) is 18.1 Å². The molecular formula is C17H17N3O4S. The fraction of sp³-hybridized carbons (Fsp3) is 0.294. The predicted octanol–water partition coefficient (Wildman–Crippen LogP) is 2.20. The Morgan fingerprint density at radius 2 is 2.00 bits per heavy atom. The summed E-state index contributed by atoms with van der Waals surface area (Å²) >= 11 is 1.40. The fourth-order valence-electron chi connectivity index (χ4n) is 2.42. The van der Waals surface area contributed by atoms with E-state index in [2.05, 4.69) is 9.97 Å². The number of para-hydroxylation sites is 2. The van der Waals surface area contributed by atoms with Gasteiger partial charge < -0.3 is 9.52 Å². The average molecular weight is 359 g/mol. The van der Waals surface area contributed by atoms with Gasteiger partial charge >= 0.3 is 5.76 Å². The number of benzene rings is 1. The first-order chi connectivity index (χ1) is 12.1. The van der Waals surface area contributed by atoms with Gasteiger partial charge in [0.15, 0.2) is 10.7 Å². The zero-order chi connectivity index (χ0) is 17.8. The maximum absolute atomic E-state index is 12.6. The smallest absolute Gasteiger partial charge is 0.407 e. The number of thioether (sulfide) groups is 1. The van der Waals surface area contributed by atoms with Crippen molar-refractivity contribution < 1.29 is 14.3 Å². The number of aliphatic hydroxyl groups excluding tert-OH is 1. The van der Waals surface area contributed by atoms with Crippen LogP contribution in [-0.4, -0.2) is 37.4 Å². The van der Waals surface area contributed by atoms with E-state index in [-0.39, 0.29) is 0 Å². The first kappa shape index (κ1) is 17.4. The van der Waals surface area contributed by atoms with Crippen LogP contribution < -0.4 is 5.76 Å². The summed E-state index contributed by atoms with van der Waals surface area (Å²) in [7, 11) is 0. The number of carbonyl (C=O) groups excluding carboxylic acids is 1. The molecule has 0 fully saturated rings. The van der Waals surface area contributed by atoms with Gasteiger partial charge in [0.25, 0.3) is 0 Å². The Bertz CT molecular complexity index is 922. The van der Waals surface area contributed by atoms with Gasteiger partial charge in [-0.05, 0) is 24.6 Å². The van der Waals surface area contributed by atoms with Crippen LogP contribution in [0.25, 0.3) is 11.1 Å². The first-order valence-corrected chi connectivity index (χ1v) is 8.79. The van der Waals surface area contributed by atoms with Crippen molar-refractivity contribution in [2.24, 2.45) is 5.92 Å². The molecular weight excluding hydrogens is 342 g/mol. The van der Waals surface area contributed by atoms with E-state index in [9.17, 15) is 14.7 Å². The van der Waals surface area contributed by atoms with Gasteiger partial charge in [0.05, 0.1) is 17.5 Å². The molecule has 7 nitrogen and oxygen atoms in total. The summed E-state index contributed by atoms with van der Waals surface area (Å²) in [5.74, 6) is -1.40. The zero-order valence-corrected chi connectivity index (χ0v) is 14.3. The highest BCUT2D eigenvalue weighted by atomic mass is 32.2. The summed E-state index contributed by atoms with van der Waals surface area (Å²) < 4.78 is 6.06. The molecule has 3 aromatic rings. The molecule has 0 saturated carbocycles. The molecule has 0 aliphatic heterocycles. The van der Waals surface area contributed by atoms with Crippen LogP contribution in [-0.2, 0) is 0 Å². The molecule has 2 atom stereocenters. The van der Waals surface area contributed by atoms with Gasteiger partial charge in [-0.15, -0.1) is 0 Å². The standard InChI is InChI=1S/C17H17N3O4S/c1-11(13(21)7-10-25-16-18-8-4-9-19-16)15(22)20-12-5-2-3-6-14(12)24-17(20)23/h2-6,8-9,11,13,21H,7,10H2,1H3. The topological polar surface area (TPSA) is 98.2 Å². The molecule has 0 spiro atoms. The van der Waals surface area contributed by atoms with E-state index in [1.165, 1.54) is 11.8 Å². The van der Waals surface area contributed by atoms with Crippen LogP contribution in [0, 0.1) is 5.92 Å². The van der Waals surface area contributed by atoms with Crippen LogP contribution in [0.3, 0.4) is 0 Å². The lowest BCUT2D eigenvalue weighted by atomic mass is 10.0. The highest BCUT2D eigenvalue weighted by Crippen LogP contribution is 2.19. The van der Waals surface area contributed by atoms with E-state index in [0.29, 0.717) is 28.4 Å². The molecule has 3 rings (SSSR count). The number of rotatable bonds is 6. The molecule has 0 aliphatic rings. The number of oxazole rings is 1. The summed E-state index contributed by atoms with van der Waals surface area (Å²) in [6.45, 7) is 1.60. The SMILES string of the molecule is CC(C(=O)n1c(=O)oc2ccccc21)C(O)CCSc1ncccn1. The average Bonchev–Trinajstić information content (AvgIpc) is 2.97. The highest BCUT2D eigenvalue weighted by Gasteiger charge is 2.26. The quantitative estimate of drug-likeness (QED) is 0.532. The van der Waals surface area contributed by atoms with Crippen LogP contribution in [0.15, 0.2) is 57.1 Å². The molecule has 0 bridgehead atoms. The van der Waals surface area contributed by atoms with Crippen molar-refractivity contribution in [3.05, 3.63) is 53.3 Å². The Kier molecular flexibility index (Phi) is 5.30. The lowest BCUT2D eigenvalue weighted by Crippen LogP contribution is -2.34. The van der Waals surface area contributed by atoms with Gasteiger partial charge in [-0.3, -0.25) is 4.79 Å². The number of carbonyl (C=O) groups is 1. The number of fused-ring (bicyclic) bond motifs is 1. The van der Waals surface area contributed by atoms with E-state index in [1.54, 1.807) is 49.6 Å². The second-order valence-electron chi connectivity index (χ2n) is 5.53. The molecule has 2 aromatic heterocycles. The minimum absolute atomic E-state index is 0.347. The molecule has 2 heterocycles. The van der Waals surface area contributed by atoms with Crippen molar-refractivity contribution in [1.82, 2.24) is 14.5 Å². The number of hydrogen-bond donors (Lipinski definition) is 1. The summed E-state index contributed by atoms with van der Waals surface area (Å²) in [5.41, 5.74) is 0.753. The maximum Gasteiger partial charge on any atom is 0.426 e. The van der Waals surface area contributed by atoms with Crippen molar-refractivity contribution in [2.75, 3.05) is 5.75 Å². The number of aliphatic hydroxyl groups is 1. The van der Waals surface area contributed by atoms with Crippen molar-refractivity contribution in [1.29, 1.82) is 0 Å². The second-order valence-corrected chi connectivity index (χ2v) is 6.60. The van der Waals surface area contributed by atoms with Gasteiger partial charge in [-0.2, -0.15) is 0 Å². The Morgan fingerprint density at radius 1 is 1.28 bits per heavy atom. The molecule has 0 saturated heterocycles. The fourth-order valence-corrected chi connectivity index (χ4v) is 3.24. The van der Waals surface area contributed by atoms with Crippen molar-refractivity contribution in [3.8, 4) is 0 Å². The third-order valence-electron chi connectivity index (χ3n) is 3.86. The van der Waals surface area contributed by atoms with Gasteiger partial charge in [-0.1, -0.05) is 30.8 Å². The van der Waals surface area contributed by atoms with Gasteiger partial charge in [0.2, 0.25) is 5.91 Å².